The molecule has 0 bridgehead atoms. The third kappa shape index (κ3) is 2.91. The van der Waals surface area contributed by atoms with Crippen LogP contribution >= 0.6 is 11.3 Å². The number of aryl methyl sites for hydroxylation is 1. The van der Waals surface area contributed by atoms with Gasteiger partial charge in [0, 0.05) is 27.6 Å². The summed E-state index contributed by atoms with van der Waals surface area (Å²) in [7, 11) is 0. The fourth-order valence-corrected chi connectivity index (χ4v) is 2.75. The molecule has 0 aliphatic heterocycles. The Morgan fingerprint density at radius 3 is 2.71 bits per heavy atom. The van der Waals surface area contributed by atoms with Crippen molar-refractivity contribution in [2.24, 2.45) is 0 Å². The van der Waals surface area contributed by atoms with Gasteiger partial charge in [-0.1, -0.05) is 19.9 Å². The summed E-state index contributed by atoms with van der Waals surface area (Å²) in [5.74, 6) is 0.288. The van der Waals surface area contributed by atoms with Crippen LogP contribution in [0, 0.1) is 12.7 Å². The molecule has 0 amide bonds. The van der Waals surface area contributed by atoms with Crippen LogP contribution in [0.25, 0.3) is 0 Å². The molecule has 0 saturated heterocycles. The number of hydrogen-bond donors (Lipinski definition) is 0. The summed E-state index contributed by atoms with van der Waals surface area (Å²) in [6.45, 7) is 6.12. The van der Waals surface area contributed by atoms with Gasteiger partial charge >= 0.3 is 0 Å². The number of aromatic nitrogens is 1. The number of nitrogens with zero attached hydrogens (tertiary/aromatic N) is 1. The summed E-state index contributed by atoms with van der Waals surface area (Å²) in [5.41, 5.74) is 1.91. The van der Waals surface area contributed by atoms with E-state index in [0.29, 0.717) is 12.3 Å². The van der Waals surface area contributed by atoms with E-state index in [1.165, 1.54) is 0 Å². The van der Waals surface area contributed by atoms with E-state index < -0.39 is 0 Å². The average Bonchev–Trinajstić information content (AvgIpc) is 2.61. The smallest absolute Gasteiger partial charge is 0.137 e. The molecular weight excluding hydrogens is 233 g/mol. The summed E-state index contributed by atoms with van der Waals surface area (Å²) in [4.78, 5) is 6.29. The lowest BCUT2D eigenvalue weighted by Crippen LogP contribution is -1.92. The topological polar surface area (TPSA) is 12.9 Å². The molecule has 0 aliphatic carbocycles. The molecule has 0 atom stereocenters. The lowest BCUT2D eigenvalue weighted by atomic mass is 10.2. The van der Waals surface area contributed by atoms with Gasteiger partial charge in [0.25, 0.3) is 0 Å². The highest BCUT2D eigenvalue weighted by Crippen LogP contribution is 2.28. The molecule has 2 aromatic heterocycles. The van der Waals surface area contributed by atoms with E-state index in [1.54, 1.807) is 17.4 Å². The van der Waals surface area contributed by atoms with Crippen LogP contribution in [0.4, 0.5) is 4.39 Å². The maximum absolute atomic E-state index is 13.7. The summed E-state index contributed by atoms with van der Waals surface area (Å²) >= 11 is 1.55. The summed E-state index contributed by atoms with van der Waals surface area (Å²) < 4.78 is 13.7. The zero-order chi connectivity index (χ0) is 12.4. The molecule has 90 valence electrons. The van der Waals surface area contributed by atoms with Crippen LogP contribution in [0.3, 0.4) is 0 Å². The fourth-order valence-electron chi connectivity index (χ4n) is 1.69. The molecule has 0 N–H and O–H groups in total. The van der Waals surface area contributed by atoms with Gasteiger partial charge in [-0.05, 0) is 31.0 Å². The van der Waals surface area contributed by atoms with Gasteiger partial charge in [0.05, 0.1) is 0 Å². The van der Waals surface area contributed by atoms with Crippen molar-refractivity contribution in [3.05, 3.63) is 51.2 Å². The molecule has 0 aromatic carbocycles. The maximum atomic E-state index is 13.7. The molecule has 1 nitrogen and oxygen atoms in total. The molecule has 2 aromatic rings. The summed E-state index contributed by atoms with van der Waals surface area (Å²) in [5, 5.41) is 0. The number of pyridine rings is 1. The molecule has 0 saturated carbocycles. The minimum absolute atomic E-state index is 0.0954. The van der Waals surface area contributed by atoms with Crippen LogP contribution in [0.1, 0.15) is 40.9 Å². The van der Waals surface area contributed by atoms with E-state index in [9.17, 15) is 4.39 Å². The molecule has 0 radical (unpaired) electrons. The highest BCUT2D eigenvalue weighted by atomic mass is 32.1. The van der Waals surface area contributed by atoms with Crippen LogP contribution < -0.4 is 0 Å². The van der Waals surface area contributed by atoms with Crippen molar-refractivity contribution in [3.63, 3.8) is 0 Å². The standard InChI is InChI=1S/C14H16FNS/c1-9(2)13-8-12(15)14(17-13)7-11-6-4-5-10(3)16-11/h4-6,8-9H,7H2,1-3H3. The first kappa shape index (κ1) is 12.2. The van der Waals surface area contributed by atoms with Crippen molar-refractivity contribution >= 4 is 11.3 Å². The summed E-state index contributed by atoms with van der Waals surface area (Å²) in [6.07, 6.45) is 0.588. The monoisotopic (exact) mass is 249 g/mol. The van der Waals surface area contributed by atoms with E-state index in [1.807, 2.05) is 25.1 Å². The number of thiophene rings is 1. The minimum atomic E-state index is -0.0954. The second-order valence-electron chi connectivity index (χ2n) is 4.52. The molecular formula is C14H16FNS. The average molecular weight is 249 g/mol. The van der Waals surface area contributed by atoms with Gasteiger partial charge in [-0.2, -0.15) is 0 Å². The van der Waals surface area contributed by atoms with Gasteiger partial charge in [-0.15, -0.1) is 11.3 Å². The maximum Gasteiger partial charge on any atom is 0.137 e. The Balaban J connectivity index is 2.24. The summed E-state index contributed by atoms with van der Waals surface area (Å²) in [6, 6.07) is 7.52. The van der Waals surface area contributed by atoms with E-state index in [4.69, 9.17) is 0 Å². The largest absolute Gasteiger partial charge is 0.258 e. The zero-order valence-corrected chi connectivity index (χ0v) is 11.1. The lowest BCUT2D eigenvalue weighted by molar-refractivity contribution is 0.619. The second-order valence-corrected chi connectivity index (χ2v) is 5.69. The third-order valence-electron chi connectivity index (χ3n) is 2.63. The van der Waals surface area contributed by atoms with Crippen molar-refractivity contribution in [1.29, 1.82) is 0 Å². The van der Waals surface area contributed by atoms with Gasteiger partial charge in [0.1, 0.15) is 5.82 Å². The first-order chi connectivity index (χ1) is 8.06. The third-order valence-corrected chi connectivity index (χ3v) is 4.04. The number of halogens is 1. The van der Waals surface area contributed by atoms with E-state index in [-0.39, 0.29) is 5.82 Å². The van der Waals surface area contributed by atoms with Crippen LogP contribution in [0.5, 0.6) is 0 Å². The van der Waals surface area contributed by atoms with Gasteiger partial charge in [0.15, 0.2) is 0 Å². The number of hydrogen-bond acceptors (Lipinski definition) is 2. The van der Waals surface area contributed by atoms with Crippen LogP contribution in [0.2, 0.25) is 0 Å². The van der Waals surface area contributed by atoms with Gasteiger partial charge in [0.2, 0.25) is 0 Å². The first-order valence-corrected chi connectivity index (χ1v) is 6.58. The molecule has 0 aliphatic rings. The Morgan fingerprint density at radius 1 is 1.35 bits per heavy atom. The quantitative estimate of drug-likeness (QED) is 0.790. The first-order valence-electron chi connectivity index (χ1n) is 5.77. The second kappa shape index (κ2) is 4.96. The Kier molecular flexibility index (Phi) is 3.57. The van der Waals surface area contributed by atoms with Crippen molar-refractivity contribution < 1.29 is 4.39 Å². The molecule has 17 heavy (non-hydrogen) atoms. The van der Waals surface area contributed by atoms with Crippen LogP contribution in [-0.2, 0) is 6.42 Å². The zero-order valence-electron chi connectivity index (χ0n) is 10.3. The molecule has 0 spiro atoms. The molecule has 3 heteroatoms. The Bertz CT molecular complexity index is 517. The van der Waals surface area contributed by atoms with E-state index in [2.05, 4.69) is 18.8 Å². The highest BCUT2D eigenvalue weighted by molar-refractivity contribution is 7.12. The van der Waals surface area contributed by atoms with Crippen molar-refractivity contribution in [3.8, 4) is 0 Å². The van der Waals surface area contributed by atoms with E-state index in [0.717, 1.165) is 21.1 Å². The molecule has 0 fully saturated rings. The number of rotatable bonds is 3. The van der Waals surface area contributed by atoms with Gasteiger partial charge in [-0.25, -0.2) is 4.39 Å². The predicted molar refractivity (Wildman–Crippen MR) is 70.1 cm³/mol. The van der Waals surface area contributed by atoms with E-state index >= 15 is 0 Å². The van der Waals surface area contributed by atoms with Gasteiger partial charge < -0.3 is 0 Å². The predicted octanol–water partition coefficient (Wildman–Crippen LogP) is 4.30. The minimum Gasteiger partial charge on any atom is -0.258 e. The van der Waals surface area contributed by atoms with Crippen LogP contribution in [0.15, 0.2) is 24.3 Å². The molecule has 2 rings (SSSR count). The van der Waals surface area contributed by atoms with Gasteiger partial charge in [-0.3, -0.25) is 4.98 Å². The van der Waals surface area contributed by atoms with Crippen molar-refractivity contribution in [2.75, 3.05) is 0 Å². The van der Waals surface area contributed by atoms with Crippen LogP contribution in [-0.4, -0.2) is 4.98 Å². The lowest BCUT2D eigenvalue weighted by Gasteiger charge is -2.00. The highest BCUT2D eigenvalue weighted by Gasteiger charge is 2.12. The molecule has 2 heterocycles. The Morgan fingerprint density at radius 2 is 2.12 bits per heavy atom. The Hall–Kier alpha value is -1.22. The molecule has 0 unspecified atom stereocenters. The fraction of sp³-hybridized carbons (Fsp3) is 0.357. The van der Waals surface area contributed by atoms with Crippen molar-refractivity contribution in [1.82, 2.24) is 4.98 Å². The normalized spacial score (nSPS) is 11.1. The SMILES string of the molecule is Cc1cccc(Cc2sc(C(C)C)cc2F)n1. The van der Waals surface area contributed by atoms with Crippen molar-refractivity contribution in [2.45, 2.75) is 33.1 Å². The Labute approximate surface area is 105 Å².